The van der Waals surface area contributed by atoms with Crippen LogP contribution in [0.15, 0.2) is 382 Å². The Morgan fingerprint density at radius 2 is 0.560 bits per heavy atom. The SMILES string of the molecule is CC(C)(C)c1cc(-c2ccccc2)c(N2c3cc(-n4c5ccc(N(c6ccccc6)c6ccccc6)cc5c5cc(-n6c7ccccc7c7ccccc76)ccc54)ccc3B3c4ccc(-n5c6ccc(C(C)(C)C)cc6c6cc(C(C)(C)C)ccc65)cc4N(c4cc(-c5ccccc5)cc(-c5ccccc5)c4)c4cc(C(C)(C)C)cc2c43)c(-c2ccccc2)c1. The molecule has 3 aromatic heterocycles. The zero-order chi connectivity index (χ0) is 85.1. The van der Waals surface area contributed by atoms with Crippen LogP contribution in [0.4, 0.5) is 51.2 Å². The Bertz CT molecular complexity index is 7400. The first kappa shape index (κ1) is 76.7. The molecule has 2 aliphatic rings. The summed E-state index contributed by atoms with van der Waals surface area (Å²) in [6.45, 7) is 28.0. The average molecular weight is 1610 g/mol. The highest BCUT2D eigenvalue weighted by Crippen LogP contribution is 2.55. The van der Waals surface area contributed by atoms with Gasteiger partial charge in [0, 0.05) is 106 Å². The fraction of sp³-hybridized carbons (Fsp3) is 0.136. The highest BCUT2D eigenvalue weighted by atomic mass is 15.2. The van der Waals surface area contributed by atoms with E-state index in [9.17, 15) is 0 Å². The van der Waals surface area contributed by atoms with E-state index < -0.39 is 0 Å². The summed E-state index contributed by atoms with van der Waals surface area (Å²) in [5.41, 5.74) is 37.3. The van der Waals surface area contributed by atoms with Gasteiger partial charge in [-0.25, -0.2) is 0 Å². The number of rotatable bonds is 12. The molecule has 0 saturated heterocycles. The first-order valence-electron chi connectivity index (χ1n) is 44.2. The fourth-order valence-corrected chi connectivity index (χ4v) is 20.1. The Hall–Kier alpha value is -14.4. The third kappa shape index (κ3) is 12.9. The maximum Gasteiger partial charge on any atom is 0.252 e. The highest BCUT2D eigenvalue weighted by Gasteiger charge is 2.46. The summed E-state index contributed by atoms with van der Waals surface area (Å²) < 4.78 is 7.59. The summed E-state index contributed by atoms with van der Waals surface area (Å²) in [6.07, 6.45) is 0. The molecule has 0 radical (unpaired) electrons. The van der Waals surface area contributed by atoms with E-state index in [1.54, 1.807) is 0 Å². The molecule has 7 heteroatoms. The second kappa shape index (κ2) is 29.1. The summed E-state index contributed by atoms with van der Waals surface area (Å²) in [7, 11) is 0. The molecule has 0 saturated carbocycles. The minimum Gasteiger partial charge on any atom is -0.311 e. The van der Waals surface area contributed by atoms with E-state index in [4.69, 9.17) is 0 Å². The first-order chi connectivity index (χ1) is 60.5. The van der Waals surface area contributed by atoms with E-state index in [-0.39, 0.29) is 28.4 Å². The normalized spacial score (nSPS) is 12.9. The third-order valence-electron chi connectivity index (χ3n) is 26.5. The van der Waals surface area contributed by atoms with Gasteiger partial charge in [-0.3, -0.25) is 0 Å². The van der Waals surface area contributed by atoms with Crippen LogP contribution < -0.4 is 31.1 Å². The number of para-hydroxylation sites is 4. The third-order valence-corrected chi connectivity index (χ3v) is 26.5. The molecule has 0 N–H and O–H groups in total. The van der Waals surface area contributed by atoms with Crippen LogP contribution in [0.1, 0.15) is 105 Å². The molecule has 0 fully saturated rings. The van der Waals surface area contributed by atoms with Crippen molar-refractivity contribution in [3.63, 3.8) is 0 Å². The molecule has 0 spiro atoms. The average Bonchev–Trinajstić information content (AvgIpc) is 1.32. The Morgan fingerprint density at radius 3 is 1.01 bits per heavy atom. The van der Waals surface area contributed by atoms with Crippen molar-refractivity contribution >= 4 is 140 Å². The first-order valence-corrected chi connectivity index (χ1v) is 44.2. The van der Waals surface area contributed by atoms with Crippen LogP contribution in [0.2, 0.25) is 0 Å². The largest absolute Gasteiger partial charge is 0.311 e. The van der Waals surface area contributed by atoms with Crippen molar-refractivity contribution in [3.8, 4) is 61.6 Å². The van der Waals surface area contributed by atoms with E-state index in [1.165, 1.54) is 82.3 Å². The molecule has 17 aromatic carbocycles. The highest BCUT2D eigenvalue weighted by molar-refractivity contribution is 7.00. The van der Waals surface area contributed by atoms with Crippen LogP contribution in [0, 0.1) is 0 Å². The van der Waals surface area contributed by atoms with Crippen LogP contribution in [-0.4, -0.2) is 20.4 Å². The maximum atomic E-state index is 2.74. The molecule has 0 aliphatic carbocycles. The molecule has 5 heterocycles. The zero-order valence-electron chi connectivity index (χ0n) is 73.1. The van der Waals surface area contributed by atoms with Crippen LogP contribution in [0.3, 0.4) is 0 Å². The Kier molecular flexibility index (Phi) is 17.9. The van der Waals surface area contributed by atoms with Gasteiger partial charge >= 0.3 is 0 Å². The van der Waals surface area contributed by atoms with E-state index >= 15 is 0 Å². The van der Waals surface area contributed by atoms with Gasteiger partial charge in [-0.1, -0.05) is 301 Å². The molecule has 0 unspecified atom stereocenters. The Morgan fingerprint density at radius 1 is 0.216 bits per heavy atom. The molecular weight excluding hydrogens is 1510 g/mol. The molecule has 0 bridgehead atoms. The molecule has 604 valence electrons. The number of hydrogen-bond acceptors (Lipinski definition) is 3. The smallest absolute Gasteiger partial charge is 0.252 e. The lowest BCUT2D eigenvalue weighted by atomic mass is 9.33. The summed E-state index contributed by atoms with van der Waals surface area (Å²) >= 11 is 0. The quantitative estimate of drug-likeness (QED) is 0.114. The second-order valence-electron chi connectivity index (χ2n) is 38.6. The topological polar surface area (TPSA) is 24.5 Å². The van der Waals surface area contributed by atoms with Gasteiger partial charge in [-0.15, -0.1) is 0 Å². The van der Waals surface area contributed by atoms with Crippen molar-refractivity contribution in [3.05, 3.63) is 404 Å². The summed E-state index contributed by atoms with van der Waals surface area (Å²) in [6, 6.07) is 145. The van der Waals surface area contributed by atoms with Gasteiger partial charge in [0.25, 0.3) is 6.71 Å². The van der Waals surface area contributed by atoms with Gasteiger partial charge in [0.15, 0.2) is 0 Å². The number of nitrogens with zero attached hydrogens (tertiary/aromatic N) is 6. The van der Waals surface area contributed by atoms with Crippen molar-refractivity contribution in [1.82, 2.24) is 13.7 Å². The zero-order valence-corrected chi connectivity index (χ0v) is 73.1. The van der Waals surface area contributed by atoms with Crippen molar-refractivity contribution in [2.75, 3.05) is 14.7 Å². The van der Waals surface area contributed by atoms with Crippen molar-refractivity contribution in [1.29, 1.82) is 0 Å². The standard InChI is InChI=1S/C118H99BN6/c1-115(2,3)82-51-59-105-97(66-82)98-67-83(116(4,5)6)52-60-106(98)122(105)90-53-57-101-109(74-90)124(92-64-80(76-35-19-13-20-36-76)63-81(65-92)77-37-21-14-22-38-77)111-70-85(118(10,11)12)71-112-113(111)119(101)102-58-54-91(75-110(102)125(112)114-95(78-39-23-15-24-40-78)68-84(117(7,8)9)69-96(114)79-41-25-16-26-42-79)123-107-61-55-88(120(86-43-27-17-28-44-86)87-45-29-18-30-46-87)72-99(107)100-73-89(56-62-108(100)123)121-103-49-33-31-47-93(103)94-48-32-34-50-104(94)121/h13-75H,1-12H3. The van der Waals surface area contributed by atoms with Crippen molar-refractivity contribution in [2.24, 2.45) is 0 Å². The predicted octanol–water partition coefficient (Wildman–Crippen LogP) is 30.4. The van der Waals surface area contributed by atoms with Crippen LogP contribution in [0.5, 0.6) is 0 Å². The van der Waals surface area contributed by atoms with Gasteiger partial charge in [0.05, 0.1) is 38.8 Å². The Balaban J connectivity index is 0.873. The Labute approximate surface area is 733 Å². The molecule has 20 aromatic rings. The number of benzene rings is 17. The lowest BCUT2D eigenvalue weighted by molar-refractivity contribution is 0.590. The maximum absolute atomic E-state index is 2.74. The molecular formula is C118H99BN6. The van der Waals surface area contributed by atoms with Crippen LogP contribution >= 0.6 is 0 Å². The van der Waals surface area contributed by atoms with E-state index in [1.807, 2.05) is 0 Å². The number of fused-ring (bicyclic) bond motifs is 13. The van der Waals surface area contributed by atoms with Crippen molar-refractivity contribution in [2.45, 2.75) is 105 Å². The fourth-order valence-electron chi connectivity index (χ4n) is 20.1. The molecule has 22 rings (SSSR count). The van der Waals surface area contributed by atoms with E-state index in [2.05, 4.69) is 494 Å². The number of hydrogen-bond donors (Lipinski definition) is 0. The van der Waals surface area contributed by atoms with Gasteiger partial charge in [-0.2, -0.15) is 0 Å². The summed E-state index contributed by atoms with van der Waals surface area (Å²) in [4.78, 5) is 7.82. The van der Waals surface area contributed by atoms with Crippen molar-refractivity contribution < 1.29 is 0 Å². The number of aromatic nitrogens is 3. The molecule has 2 aliphatic heterocycles. The molecule has 0 atom stereocenters. The van der Waals surface area contributed by atoms with Gasteiger partial charge in [-0.05, 0) is 257 Å². The summed E-state index contributed by atoms with van der Waals surface area (Å²) in [5, 5.41) is 7.26. The van der Waals surface area contributed by atoms with Gasteiger partial charge < -0.3 is 28.4 Å². The predicted molar refractivity (Wildman–Crippen MR) is 535 cm³/mol. The minimum absolute atomic E-state index is 0.0723. The lowest BCUT2D eigenvalue weighted by Crippen LogP contribution is -2.61. The number of anilines is 9. The van der Waals surface area contributed by atoms with E-state index in [0.29, 0.717) is 0 Å². The van der Waals surface area contributed by atoms with Crippen LogP contribution in [-0.2, 0) is 21.7 Å². The molecule has 0 amide bonds. The minimum atomic E-state index is -0.360. The molecule has 6 nitrogen and oxygen atoms in total. The lowest BCUT2D eigenvalue weighted by Gasteiger charge is -2.46. The second-order valence-corrected chi connectivity index (χ2v) is 38.6. The molecule has 125 heavy (non-hydrogen) atoms. The monoisotopic (exact) mass is 1610 g/mol. The van der Waals surface area contributed by atoms with Crippen LogP contribution in [0.25, 0.3) is 127 Å². The summed E-state index contributed by atoms with van der Waals surface area (Å²) in [5.74, 6) is 0. The van der Waals surface area contributed by atoms with Gasteiger partial charge in [0.1, 0.15) is 0 Å². The van der Waals surface area contributed by atoms with Gasteiger partial charge in [0.2, 0.25) is 0 Å². The van der Waals surface area contributed by atoms with E-state index in [0.717, 1.165) is 135 Å².